The molecule has 0 unspecified atom stereocenters. The second kappa shape index (κ2) is 5.24. The van der Waals surface area contributed by atoms with E-state index in [1.807, 2.05) is 30.5 Å². The van der Waals surface area contributed by atoms with Crippen molar-refractivity contribution in [1.29, 1.82) is 0 Å². The fourth-order valence-electron chi connectivity index (χ4n) is 3.17. The molecule has 0 aliphatic carbocycles. The van der Waals surface area contributed by atoms with Crippen molar-refractivity contribution in [3.8, 4) is 23.7 Å². The van der Waals surface area contributed by atoms with Crippen LogP contribution in [0.15, 0.2) is 40.1 Å². The maximum Gasteiger partial charge on any atom is 0.333 e. The zero-order chi connectivity index (χ0) is 17.7. The summed E-state index contributed by atoms with van der Waals surface area (Å²) in [4.78, 5) is 32.9. The Morgan fingerprint density at radius 2 is 1.96 bits per heavy atom. The third kappa shape index (κ3) is 1.97. The van der Waals surface area contributed by atoms with E-state index in [1.54, 1.807) is 18.7 Å². The van der Waals surface area contributed by atoms with Gasteiger partial charge < -0.3 is 9.55 Å². The smallest absolute Gasteiger partial charge is 0.333 e. The molecule has 3 aromatic heterocycles. The van der Waals surface area contributed by atoms with Gasteiger partial charge in [-0.1, -0.05) is 24.1 Å². The van der Waals surface area contributed by atoms with E-state index in [9.17, 15) is 9.59 Å². The maximum absolute atomic E-state index is 12.7. The zero-order valence-corrected chi connectivity index (χ0v) is 13.8. The van der Waals surface area contributed by atoms with Crippen LogP contribution in [0.4, 0.5) is 0 Å². The predicted molar refractivity (Wildman–Crippen MR) is 96.3 cm³/mol. The van der Waals surface area contributed by atoms with Crippen LogP contribution in [-0.4, -0.2) is 23.7 Å². The van der Waals surface area contributed by atoms with E-state index >= 15 is 0 Å². The van der Waals surface area contributed by atoms with Crippen molar-refractivity contribution in [2.24, 2.45) is 14.1 Å². The molecular formula is C18H15N5O2. The van der Waals surface area contributed by atoms with Crippen molar-refractivity contribution < 1.29 is 0 Å². The van der Waals surface area contributed by atoms with Crippen LogP contribution in [0.25, 0.3) is 33.5 Å². The third-order valence-corrected chi connectivity index (χ3v) is 4.44. The van der Waals surface area contributed by atoms with E-state index in [4.69, 9.17) is 6.42 Å². The molecule has 0 aliphatic heterocycles. The molecule has 0 radical (unpaired) electrons. The third-order valence-electron chi connectivity index (χ3n) is 4.44. The average molecular weight is 333 g/mol. The van der Waals surface area contributed by atoms with Gasteiger partial charge in [0.05, 0.1) is 6.54 Å². The van der Waals surface area contributed by atoms with Crippen LogP contribution in [0.3, 0.4) is 0 Å². The van der Waals surface area contributed by atoms with Gasteiger partial charge in [-0.25, -0.2) is 14.3 Å². The second-order valence-corrected chi connectivity index (χ2v) is 5.85. The standard InChI is InChI=1S/C18H15N5O2/c1-4-9-23-17(24)14-16(22(3)18(23)25)20-15(21(14)2)12-10-19-13-8-6-5-7-11(12)13/h1,5-8,10,19H,9H2,2-3H3. The summed E-state index contributed by atoms with van der Waals surface area (Å²) in [6, 6.07) is 7.84. The number of nitrogens with zero attached hydrogens (tertiary/aromatic N) is 4. The number of H-pyrrole nitrogens is 1. The zero-order valence-electron chi connectivity index (χ0n) is 13.8. The van der Waals surface area contributed by atoms with Gasteiger partial charge in [-0.3, -0.25) is 9.36 Å². The summed E-state index contributed by atoms with van der Waals surface area (Å²) >= 11 is 0. The van der Waals surface area contributed by atoms with Crippen molar-refractivity contribution in [2.75, 3.05) is 0 Å². The quantitative estimate of drug-likeness (QED) is 0.560. The summed E-state index contributed by atoms with van der Waals surface area (Å²) in [5.41, 5.74) is 1.62. The lowest BCUT2D eigenvalue weighted by Crippen LogP contribution is -2.39. The number of rotatable bonds is 2. The lowest BCUT2D eigenvalue weighted by atomic mass is 10.1. The highest BCUT2D eigenvalue weighted by atomic mass is 16.2. The van der Waals surface area contributed by atoms with Crippen LogP contribution in [0.5, 0.6) is 0 Å². The molecule has 3 heterocycles. The van der Waals surface area contributed by atoms with Gasteiger partial charge in [0.15, 0.2) is 11.2 Å². The number of aromatic nitrogens is 5. The second-order valence-electron chi connectivity index (χ2n) is 5.85. The number of hydrogen-bond acceptors (Lipinski definition) is 3. The molecule has 0 atom stereocenters. The Labute approximate surface area is 142 Å². The Balaban J connectivity index is 2.12. The predicted octanol–water partition coefficient (Wildman–Crippen LogP) is 1.22. The highest BCUT2D eigenvalue weighted by Gasteiger charge is 2.20. The number of aryl methyl sites for hydroxylation is 2. The molecule has 0 aliphatic rings. The fraction of sp³-hybridized carbons (Fsp3) is 0.167. The van der Waals surface area contributed by atoms with Crippen LogP contribution in [0.1, 0.15) is 0 Å². The minimum atomic E-state index is -0.473. The molecule has 25 heavy (non-hydrogen) atoms. The number of para-hydroxylation sites is 1. The normalized spacial score (nSPS) is 11.2. The van der Waals surface area contributed by atoms with Gasteiger partial charge in [0.2, 0.25) is 0 Å². The number of benzene rings is 1. The van der Waals surface area contributed by atoms with Crippen LogP contribution in [-0.2, 0) is 20.6 Å². The minimum Gasteiger partial charge on any atom is -0.360 e. The summed E-state index contributed by atoms with van der Waals surface area (Å²) in [6.07, 6.45) is 7.14. The summed E-state index contributed by atoms with van der Waals surface area (Å²) in [5.74, 6) is 2.96. The molecule has 1 aromatic carbocycles. The molecule has 4 aromatic rings. The Hall–Kier alpha value is -3.53. The van der Waals surface area contributed by atoms with Gasteiger partial charge in [-0.15, -0.1) is 6.42 Å². The monoisotopic (exact) mass is 333 g/mol. The number of nitrogens with one attached hydrogen (secondary N) is 1. The van der Waals surface area contributed by atoms with Gasteiger partial charge in [0, 0.05) is 36.8 Å². The first-order valence-corrected chi connectivity index (χ1v) is 7.70. The molecular weight excluding hydrogens is 318 g/mol. The number of terminal acetylenes is 1. The first kappa shape index (κ1) is 15.0. The van der Waals surface area contributed by atoms with Gasteiger partial charge in [0.25, 0.3) is 5.56 Å². The molecule has 7 heteroatoms. The van der Waals surface area contributed by atoms with Crippen LogP contribution in [0.2, 0.25) is 0 Å². The van der Waals surface area contributed by atoms with Crippen LogP contribution < -0.4 is 11.2 Å². The molecule has 1 N–H and O–H groups in total. The molecule has 0 spiro atoms. The van der Waals surface area contributed by atoms with E-state index in [2.05, 4.69) is 15.9 Å². The fourth-order valence-corrected chi connectivity index (χ4v) is 3.17. The number of fused-ring (bicyclic) bond motifs is 2. The van der Waals surface area contributed by atoms with Crippen LogP contribution in [0, 0.1) is 12.3 Å². The largest absolute Gasteiger partial charge is 0.360 e. The topological polar surface area (TPSA) is 77.6 Å². The highest BCUT2D eigenvalue weighted by molar-refractivity contribution is 5.95. The lowest BCUT2D eigenvalue weighted by Gasteiger charge is -2.05. The summed E-state index contributed by atoms with van der Waals surface area (Å²) < 4.78 is 4.11. The minimum absolute atomic E-state index is 0.0744. The highest BCUT2D eigenvalue weighted by Crippen LogP contribution is 2.28. The summed E-state index contributed by atoms with van der Waals surface area (Å²) in [7, 11) is 3.35. The molecule has 4 rings (SSSR count). The molecule has 0 bridgehead atoms. The number of hydrogen-bond donors (Lipinski definition) is 1. The van der Waals surface area contributed by atoms with Gasteiger partial charge >= 0.3 is 5.69 Å². The van der Waals surface area contributed by atoms with Crippen molar-refractivity contribution in [2.45, 2.75) is 6.54 Å². The average Bonchev–Trinajstić information content (AvgIpc) is 3.18. The van der Waals surface area contributed by atoms with Crippen molar-refractivity contribution in [1.82, 2.24) is 23.7 Å². The van der Waals surface area contributed by atoms with Crippen LogP contribution >= 0.6 is 0 Å². The van der Waals surface area contributed by atoms with Crippen molar-refractivity contribution in [3.63, 3.8) is 0 Å². The van der Waals surface area contributed by atoms with E-state index in [1.165, 1.54) is 4.57 Å². The van der Waals surface area contributed by atoms with Crippen molar-refractivity contribution >= 4 is 22.1 Å². The Morgan fingerprint density at radius 1 is 1.20 bits per heavy atom. The Morgan fingerprint density at radius 3 is 2.72 bits per heavy atom. The van der Waals surface area contributed by atoms with E-state index in [0.29, 0.717) is 17.0 Å². The van der Waals surface area contributed by atoms with E-state index < -0.39 is 11.2 Å². The Bertz CT molecular complexity index is 1290. The Kier molecular flexibility index (Phi) is 3.15. The molecule has 0 fully saturated rings. The SMILES string of the molecule is C#CCn1c(=O)c2c(nc(-c3c[nH]c4ccccc34)n2C)n(C)c1=O. The molecule has 0 saturated carbocycles. The van der Waals surface area contributed by atoms with Gasteiger partial charge in [-0.05, 0) is 6.07 Å². The van der Waals surface area contributed by atoms with Gasteiger partial charge in [0.1, 0.15) is 5.82 Å². The lowest BCUT2D eigenvalue weighted by molar-refractivity contribution is 0.674. The van der Waals surface area contributed by atoms with Gasteiger partial charge in [-0.2, -0.15) is 0 Å². The number of aromatic amines is 1. The number of imidazole rings is 1. The molecule has 0 saturated heterocycles. The van der Waals surface area contributed by atoms with E-state index in [-0.39, 0.29) is 6.54 Å². The summed E-state index contributed by atoms with van der Waals surface area (Å²) in [5, 5.41) is 0.995. The first-order valence-electron chi connectivity index (χ1n) is 7.70. The molecule has 0 amide bonds. The summed E-state index contributed by atoms with van der Waals surface area (Å²) in [6.45, 7) is -0.0744. The van der Waals surface area contributed by atoms with Crippen molar-refractivity contribution in [3.05, 3.63) is 51.3 Å². The molecule has 124 valence electrons. The van der Waals surface area contributed by atoms with E-state index in [0.717, 1.165) is 21.0 Å². The first-order chi connectivity index (χ1) is 12.0. The maximum atomic E-state index is 12.7. The molecule has 7 nitrogen and oxygen atoms in total.